The van der Waals surface area contributed by atoms with Crippen molar-refractivity contribution in [3.05, 3.63) is 59.2 Å². The maximum Gasteiger partial charge on any atom is 0.191 e. The first kappa shape index (κ1) is 21.3. The lowest BCUT2D eigenvalue weighted by Crippen LogP contribution is -2.38. The van der Waals surface area contributed by atoms with Gasteiger partial charge in [0.15, 0.2) is 5.96 Å². The summed E-state index contributed by atoms with van der Waals surface area (Å²) in [6.07, 6.45) is 1.15. The zero-order valence-electron chi connectivity index (χ0n) is 16.3. The Hall–Kier alpha value is -1.96. The van der Waals surface area contributed by atoms with Crippen molar-refractivity contribution in [1.82, 2.24) is 10.6 Å². The zero-order chi connectivity index (χ0) is 18.5. The highest BCUT2D eigenvalue weighted by Gasteiger charge is 2.21. The highest BCUT2D eigenvalue weighted by Crippen LogP contribution is 2.34. The summed E-state index contributed by atoms with van der Waals surface area (Å²) in [5.41, 5.74) is 3.47. The molecule has 2 aromatic rings. The Kier molecular flexibility index (Phi) is 7.77. The third-order valence-electron chi connectivity index (χ3n) is 4.62. The summed E-state index contributed by atoms with van der Waals surface area (Å²) < 4.78 is 11.4. The molecule has 3 rings (SSSR count). The van der Waals surface area contributed by atoms with E-state index >= 15 is 0 Å². The fraction of sp³-hybridized carbons (Fsp3) is 0.381. The van der Waals surface area contributed by atoms with E-state index in [1.165, 1.54) is 11.1 Å². The van der Waals surface area contributed by atoms with Crippen molar-refractivity contribution in [3.63, 3.8) is 0 Å². The largest absolute Gasteiger partial charge is 0.496 e. The molecular weight excluding hydrogens is 453 g/mol. The molecule has 1 aliphatic rings. The first-order valence-electron chi connectivity index (χ1n) is 8.99. The van der Waals surface area contributed by atoms with Crippen LogP contribution < -0.4 is 20.1 Å². The normalized spacial score (nSPS) is 16.6. The van der Waals surface area contributed by atoms with Crippen LogP contribution in [0.25, 0.3) is 0 Å². The van der Waals surface area contributed by atoms with Gasteiger partial charge in [0, 0.05) is 31.1 Å². The zero-order valence-corrected chi connectivity index (χ0v) is 18.6. The lowest BCUT2D eigenvalue weighted by atomic mass is 10.1. The third kappa shape index (κ3) is 5.28. The van der Waals surface area contributed by atoms with Crippen LogP contribution in [0.4, 0.5) is 0 Å². The van der Waals surface area contributed by atoms with Crippen LogP contribution >= 0.6 is 24.0 Å². The minimum Gasteiger partial charge on any atom is -0.496 e. The molecule has 0 saturated heterocycles. The molecule has 2 N–H and O–H groups in total. The Bertz CT molecular complexity index is 780. The smallest absolute Gasteiger partial charge is 0.191 e. The molecule has 0 aromatic heterocycles. The van der Waals surface area contributed by atoms with Crippen LogP contribution in [0.5, 0.6) is 11.5 Å². The van der Waals surface area contributed by atoms with E-state index in [4.69, 9.17) is 9.47 Å². The molecule has 0 saturated carbocycles. The Balaban J connectivity index is 0.00000261. The summed E-state index contributed by atoms with van der Waals surface area (Å²) in [6, 6.07) is 14.6. The molecule has 1 aliphatic heterocycles. The van der Waals surface area contributed by atoms with Gasteiger partial charge >= 0.3 is 0 Å². The number of fused-ring (bicyclic) bond motifs is 1. The van der Waals surface area contributed by atoms with Gasteiger partial charge in [-0.1, -0.05) is 30.3 Å². The van der Waals surface area contributed by atoms with Crippen molar-refractivity contribution in [3.8, 4) is 11.5 Å². The third-order valence-corrected chi connectivity index (χ3v) is 4.62. The standard InChI is InChI=1S/C21H27N3O2.HI/c1-14-10-17-11-19(25-4)18(12-20(17)26-14)13-23-21(22-3)24-15(2)16-8-6-5-7-9-16;/h5-9,11-12,14-15H,10,13H2,1-4H3,(H2,22,23,24);1H. The van der Waals surface area contributed by atoms with Gasteiger partial charge < -0.3 is 20.1 Å². The number of benzene rings is 2. The van der Waals surface area contributed by atoms with Crippen molar-refractivity contribution >= 4 is 29.9 Å². The van der Waals surface area contributed by atoms with Crippen LogP contribution in [0, 0.1) is 0 Å². The second kappa shape index (κ2) is 9.82. The van der Waals surface area contributed by atoms with E-state index in [2.05, 4.69) is 53.7 Å². The molecule has 1 heterocycles. The number of hydrogen-bond donors (Lipinski definition) is 2. The topological polar surface area (TPSA) is 54.9 Å². The SMILES string of the molecule is CN=C(NCc1cc2c(cc1OC)CC(C)O2)NC(C)c1ccccc1.I. The molecule has 0 spiro atoms. The van der Waals surface area contributed by atoms with Crippen molar-refractivity contribution in [1.29, 1.82) is 0 Å². The van der Waals surface area contributed by atoms with Crippen LogP contribution in [0.3, 0.4) is 0 Å². The van der Waals surface area contributed by atoms with Gasteiger partial charge in [0.05, 0.1) is 13.2 Å². The first-order chi connectivity index (χ1) is 12.6. The molecule has 5 nitrogen and oxygen atoms in total. The van der Waals surface area contributed by atoms with Gasteiger partial charge in [-0.15, -0.1) is 24.0 Å². The first-order valence-corrected chi connectivity index (χ1v) is 8.99. The summed E-state index contributed by atoms with van der Waals surface area (Å²) in [7, 11) is 3.48. The molecule has 2 unspecified atom stereocenters. The number of aliphatic imine (C=N–C) groups is 1. The Labute approximate surface area is 178 Å². The Morgan fingerprint density at radius 3 is 2.70 bits per heavy atom. The molecule has 146 valence electrons. The van der Waals surface area contributed by atoms with Crippen molar-refractivity contribution in [2.45, 2.75) is 39.0 Å². The highest BCUT2D eigenvalue weighted by atomic mass is 127. The second-order valence-electron chi connectivity index (χ2n) is 6.61. The molecule has 0 fully saturated rings. The van der Waals surface area contributed by atoms with Crippen LogP contribution in [0.15, 0.2) is 47.5 Å². The summed E-state index contributed by atoms with van der Waals surface area (Å²) in [5, 5.41) is 6.78. The summed E-state index contributed by atoms with van der Waals surface area (Å²) >= 11 is 0. The lowest BCUT2D eigenvalue weighted by Gasteiger charge is -2.19. The molecular formula is C21H28IN3O2. The minimum atomic E-state index is 0. The van der Waals surface area contributed by atoms with E-state index < -0.39 is 0 Å². The van der Waals surface area contributed by atoms with E-state index in [0.29, 0.717) is 6.54 Å². The summed E-state index contributed by atoms with van der Waals surface area (Å²) in [6.45, 7) is 4.81. The number of rotatable bonds is 5. The summed E-state index contributed by atoms with van der Waals surface area (Å²) in [4.78, 5) is 4.33. The van der Waals surface area contributed by atoms with Crippen molar-refractivity contribution in [2.24, 2.45) is 4.99 Å². The van der Waals surface area contributed by atoms with E-state index in [1.54, 1.807) is 14.2 Å². The minimum absolute atomic E-state index is 0. The predicted octanol–water partition coefficient (Wildman–Crippen LogP) is 4.06. The lowest BCUT2D eigenvalue weighted by molar-refractivity contribution is 0.254. The van der Waals surface area contributed by atoms with Gasteiger partial charge in [0.2, 0.25) is 0 Å². The number of halogens is 1. The van der Waals surface area contributed by atoms with Gasteiger partial charge in [-0.3, -0.25) is 4.99 Å². The summed E-state index contributed by atoms with van der Waals surface area (Å²) in [5.74, 6) is 2.58. The van der Waals surface area contributed by atoms with Gasteiger partial charge in [-0.05, 0) is 31.5 Å². The molecule has 6 heteroatoms. The maximum atomic E-state index is 5.87. The van der Waals surface area contributed by atoms with E-state index in [1.807, 2.05) is 18.2 Å². The molecule has 0 bridgehead atoms. The fourth-order valence-corrected chi connectivity index (χ4v) is 3.21. The second-order valence-corrected chi connectivity index (χ2v) is 6.61. The number of methoxy groups -OCH3 is 1. The fourth-order valence-electron chi connectivity index (χ4n) is 3.21. The van der Waals surface area contributed by atoms with E-state index in [-0.39, 0.29) is 36.1 Å². The van der Waals surface area contributed by atoms with Crippen LogP contribution in [-0.2, 0) is 13.0 Å². The monoisotopic (exact) mass is 481 g/mol. The van der Waals surface area contributed by atoms with E-state index in [9.17, 15) is 0 Å². The molecule has 27 heavy (non-hydrogen) atoms. The molecule has 0 radical (unpaired) electrons. The average molecular weight is 481 g/mol. The van der Waals surface area contributed by atoms with Crippen molar-refractivity contribution in [2.75, 3.05) is 14.2 Å². The van der Waals surface area contributed by atoms with Crippen LogP contribution in [-0.4, -0.2) is 26.2 Å². The Morgan fingerprint density at radius 1 is 1.30 bits per heavy atom. The predicted molar refractivity (Wildman–Crippen MR) is 120 cm³/mol. The van der Waals surface area contributed by atoms with Gasteiger partial charge in [0.25, 0.3) is 0 Å². The van der Waals surface area contributed by atoms with Gasteiger partial charge in [-0.25, -0.2) is 0 Å². The highest BCUT2D eigenvalue weighted by molar-refractivity contribution is 14.0. The molecule has 2 aromatic carbocycles. The molecule has 2 atom stereocenters. The molecule has 0 amide bonds. The quantitative estimate of drug-likeness (QED) is 0.384. The van der Waals surface area contributed by atoms with Gasteiger partial charge in [0.1, 0.15) is 17.6 Å². The maximum absolute atomic E-state index is 5.87. The molecule has 0 aliphatic carbocycles. The Morgan fingerprint density at radius 2 is 2.04 bits per heavy atom. The van der Waals surface area contributed by atoms with Crippen molar-refractivity contribution < 1.29 is 9.47 Å². The van der Waals surface area contributed by atoms with Crippen LogP contribution in [0.2, 0.25) is 0 Å². The van der Waals surface area contributed by atoms with Crippen LogP contribution in [0.1, 0.15) is 36.6 Å². The number of hydrogen-bond acceptors (Lipinski definition) is 3. The van der Waals surface area contributed by atoms with E-state index in [0.717, 1.165) is 29.4 Å². The average Bonchev–Trinajstić information content (AvgIpc) is 3.03. The number of nitrogens with one attached hydrogen (secondary N) is 2. The number of nitrogens with zero attached hydrogens (tertiary/aromatic N) is 1. The number of guanidine groups is 1. The number of ether oxygens (including phenoxy) is 2. The van der Waals surface area contributed by atoms with Gasteiger partial charge in [-0.2, -0.15) is 0 Å².